The Hall–Kier alpha value is -2.89. The maximum atomic E-state index is 13.4. The van der Waals surface area contributed by atoms with Crippen molar-refractivity contribution >= 4 is 50.4 Å². The molecule has 2 aromatic rings. The lowest BCUT2D eigenvalue weighted by Gasteiger charge is -2.41. The molecule has 1 aliphatic carbocycles. The number of nitrogens with one attached hydrogen (secondary N) is 1. The van der Waals surface area contributed by atoms with Crippen LogP contribution in [0.2, 0.25) is 5.02 Å². The fourth-order valence-electron chi connectivity index (χ4n) is 5.15. The van der Waals surface area contributed by atoms with Crippen LogP contribution >= 0.6 is 11.6 Å². The molecule has 1 saturated carbocycles. The van der Waals surface area contributed by atoms with Crippen molar-refractivity contribution in [3.8, 4) is 0 Å². The Bertz CT molecular complexity index is 1370. The molecule has 2 N–H and O–H groups in total. The van der Waals surface area contributed by atoms with Gasteiger partial charge in [0.05, 0.1) is 4.90 Å². The van der Waals surface area contributed by atoms with Crippen molar-refractivity contribution in [1.82, 2.24) is 14.5 Å². The van der Waals surface area contributed by atoms with E-state index in [1.807, 2.05) is 0 Å². The lowest BCUT2D eigenvalue weighted by Crippen LogP contribution is -2.60. The average Bonchev–Trinajstić information content (AvgIpc) is 2.86. The molecule has 212 valence electrons. The number of nitrogens with zero attached hydrogens (tertiary/aromatic N) is 2. The molecule has 10 nitrogen and oxygen atoms in total. The van der Waals surface area contributed by atoms with Crippen LogP contribution in [0, 0.1) is 5.92 Å². The van der Waals surface area contributed by atoms with Gasteiger partial charge in [-0.05, 0) is 81.5 Å². The van der Waals surface area contributed by atoms with Gasteiger partial charge in [-0.2, -0.15) is 4.31 Å². The fraction of sp³-hybridized carbons (Fsp3) is 0.519. The Morgan fingerprint density at radius 1 is 1.00 bits per heavy atom. The van der Waals surface area contributed by atoms with Crippen molar-refractivity contribution in [2.45, 2.75) is 69.0 Å². The SMILES string of the molecule is CC(C)(C)OC(=O)N[C@H]1CC[C@H](C(=O)N2CCN(S(=O)(=O)c3ccc4cc(Cl)ccc4c3)CC2C(=O)O)CC1. The number of ether oxygens (including phenoxy) is 1. The number of piperazine rings is 1. The summed E-state index contributed by atoms with van der Waals surface area (Å²) < 4.78 is 33.3. The zero-order valence-electron chi connectivity index (χ0n) is 22.2. The summed E-state index contributed by atoms with van der Waals surface area (Å²) in [4.78, 5) is 38.9. The quantitative estimate of drug-likeness (QED) is 0.549. The number of alkyl carbamates (subject to hydrolysis) is 1. The Morgan fingerprint density at radius 2 is 1.64 bits per heavy atom. The van der Waals surface area contributed by atoms with Gasteiger partial charge in [-0.25, -0.2) is 18.0 Å². The number of hydrogen-bond donors (Lipinski definition) is 2. The number of amides is 2. The number of hydrogen-bond acceptors (Lipinski definition) is 6. The molecule has 1 atom stereocenters. The number of carbonyl (C=O) groups is 3. The number of carboxylic acids is 1. The van der Waals surface area contributed by atoms with E-state index in [1.54, 1.807) is 45.0 Å². The predicted molar refractivity (Wildman–Crippen MR) is 146 cm³/mol. The molecular formula is C27H34ClN3O7S. The van der Waals surface area contributed by atoms with Crippen LogP contribution in [-0.2, 0) is 24.3 Å². The molecule has 2 amide bonds. The van der Waals surface area contributed by atoms with Gasteiger partial charge in [0, 0.05) is 36.6 Å². The summed E-state index contributed by atoms with van der Waals surface area (Å²) >= 11 is 6.02. The van der Waals surface area contributed by atoms with E-state index in [2.05, 4.69) is 5.32 Å². The van der Waals surface area contributed by atoms with Gasteiger partial charge < -0.3 is 20.1 Å². The second-order valence-electron chi connectivity index (χ2n) is 11.1. The Labute approximate surface area is 233 Å². The molecule has 4 rings (SSSR count). The third-order valence-electron chi connectivity index (χ3n) is 7.12. The molecule has 12 heteroatoms. The van der Waals surface area contributed by atoms with Gasteiger partial charge in [0.15, 0.2) is 0 Å². The summed E-state index contributed by atoms with van der Waals surface area (Å²) in [5.74, 6) is -1.94. The molecule has 2 aromatic carbocycles. The van der Waals surface area contributed by atoms with Crippen LogP contribution in [0.15, 0.2) is 41.3 Å². The number of benzene rings is 2. The zero-order chi connectivity index (χ0) is 28.5. The largest absolute Gasteiger partial charge is 0.480 e. The van der Waals surface area contributed by atoms with E-state index >= 15 is 0 Å². The lowest BCUT2D eigenvalue weighted by atomic mass is 9.84. The van der Waals surface area contributed by atoms with Gasteiger partial charge in [0.1, 0.15) is 11.6 Å². The Kier molecular flexibility index (Phi) is 8.44. The molecule has 0 bridgehead atoms. The number of fused-ring (bicyclic) bond motifs is 1. The molecule has 0 spiro atoms. The molecule has 0 aromatic heterocycles. The molecule has 0 radical (unpaired) electrons. The van der Waals surface area contributed by atoms with Crippen molar-refractivity contribution in [2.75, 3.05) is 19.6 Å². The molecule has 2 fully saturated rings. The average molecular weight is 580 g/mol. The highest BCUT2D eigenvalue weighted by molar-refractivity contribution is 7.89. The van der Waals surface area contributed by atoms with Crippen LogP contribution in [0.3, 0.4) is 0 Å². The summed E-state index contributed by atoms with van der Waals surface area (Å²) in [7, 11) is -3.99. The van der Waals surface area contributed by atoms with Gasteiger partial charge >= 0.3 is 12.1 Å². The van der Waals surface area contributed by atoms with E-state index in [0.29, 0.717) is 36.1 Å². The van der Waals surface area contributed by atoms with Gasteiger partial charge in [-0.1, -0.05) is 23.7 Å². The summed E-state index contributed by atoms with van der Waals surface area (Å²) in [5, 5.41) is 14.8. The number of halogens is 1. The number of carboxylic acid groups (broad SMARTS) is 1. The highest BCUT2D eigenvalue weighted by Gasteiger charge is 2.42. The smallest absolute Gasteiger partial charge is 0.407 e. The molecule has 1 saturated heterocycles. The second kappa shape index (κ2) is 11.3. The van der Waals surface area contributed by atoms with Crippen molar-refractivity contribution in [1.29, 1.82) is 0 Å². The number of aliphatic carboxylic acids is 1. The summed E-state index contributed by atoms with van der Waals surface area (Å²) in [5.41, 5.74) is -0.610. The third-order valence-corrected chi connectivity index (χ3v) is 9.22. The first-order valence-electron chi connectivity index (χ1n) is 13.0. The molecular weight excluding hydrogens is 546 g/mol. The summed E-state index contributed by atoms with van der Waals surface area (Å²) in [6, 6.07) is 8.40. The molecule has 1 unspecified atom stereocenters. The highest BCUT2D eigenvalue weighted by Crippen LogP contribution is 2.30. The van der Waals surface area contributed by atoms with Crippen LogP contribution < -0.4 is 5.32 Å². The Balaban J connectivity index is 1.40. The van der Waals surface area contributed by atoms with Crippen LogP contribution in [-0.4, -0.2) is 78.0 Å². The maximum Gasteiger partial charge on any atom is 0.407 e. The van der Waals surface area contributed by atoms with Crippen LogP contribution in [0.1, 0.15) is 46.5 Å². The number of rotatable bonds is 5. The topological polar surface area (TPSA) is 133 Å². The van der Waals surface area contributed by atoms with Gasteiger partial charge in [0.25, 0.3) is 0 Å². The monoisotopic (exact) mass is 579 g/mol. The summed E-state index contributed by atoms with van der Waals surface area (Å²) in [6.45, 7) is 4.98. The first-order chi connectivity index (χ1) is 18.2. The summed E-state index contributed by atoms with van der Waals surface area (Å²) in [6.07, 6.45) is 1.61. The molecule has 1 heterocycles. The van der Waals surface area contributed by atoms with Gasteiger partial charge in [0.2, 0.25) is 15.9 Å². The normalized spacial score (nSPS) is 22.9. The third kappa shape index (κ3) is 6.82. The fourth-order valence-corrected chi connectivity index (χ4v) is 6.80. The van der Waals surface area contributed by atoms with Crippen molar-refractivity contribution in [3.63, 3.8) is 0 Å². The number of sulfonamides is 1. The second-order valence-corrected chi connectivity index (χ2v) is 13.5. The molecule has 1 aliphatic heterocycles. The van der Waals surface area contributed by atoms with Crippen LogP contribution in [0.5, 0.6) is 0 Å². The van der Waals surface area contributed by atoms with E-state index < -0.39 is 33.7 Å². The van der Waals surface area contributed by atoms with Gasteiger partial charge in [-0.15, -0.1) is 0 Å². The van der Waals surface area contributed by atoms with Crippen LogP contribution in [0.4, 0.5) is 4.79 Å². The first kappa shape index (κ1) is 29.1. The van der Waals surface area contributed by atoms with E-state index in [9.17, 15) is 27.9 Å². The van der Waals surface area contributed by atoms with Gasteiger partial charge in [-0.3, -0.25) is 4.79 Å². The van der Waals surface area contributed by atoms with E-state index in [0.717, 1.165) is 9.69 Å². The predicted octanol–water partition coefficient (Wildman–Crippen LogP) is 3.86. The minimum absolute atomic E-state index is 0.00788. The number of carbonyl (C=O) groups excluding carboxylic acids is 2. The van der Waals surface area contributed by atoms with E-state index in [-0.39, 0.29) is 42.4 Å². The first-order valence-corrected chi connectivity index (χ1v) is 14.8. The molecule has 39 heavy (non-hydrogen) atoms. The highest BCUT2D eigenvalue weighted by atomic mass is 35.5. The van der Waals surface area contributed by atoms with Crippen molar-refractivity contribution in [3.05, 3.63) is 41.4 Å². The van der Waals surface area contributed by atoms with E-state index in [1.165, 1.54) is 17.0 Å². The van der Waals surface area contributed by atoms with E-state index in [4.69, 9.17) is 16.3 Å². The molecule has 2 aliphatic rings. The maximum absolute atomic E-state index is 13.4. The Morgan fingerprint density at radius 3 is 2.28 bits per heavy atom. The lowest BCUT2D eigenvalue weighted by molar-refractivity contribution is -0.155. The minimum atomic E-state index is -3.99. The minimum Gasteiger partial charge on any atom is -0.480 e. The zero-order valence-corrected chi connectivity index (χ0v) is 23.8. The van der Waals surface area contributed by atoms with Crippen molar-refractivity contribution < 1.29 is 32.6 Å². The standard InChI is InChI=1S/C27H34ClN3O7S/c1-27(2,3)38-26(35)29-21-9-5-17(6-10-21)24(32)31-13-12-30(16-23(31)25(33)34)39(36,37)22-11-7-18-14-20(28)8-4-19(18)15-22/h4,7-8,11,14-15,17,21,23H,5-6,9-10,12-13,16H2,1-3H3,(H,29,35)(H,33,34)/t17-,21-,23?. The van der Waals surface area contributed by atoms with Crippen molar-refractivity contribution in [2.24, 2.45) is 5.92 Å². The van der Waals surface area contributed by atoms with Crippen LogP contribution in [0.25, 0.3) is 10.8 Å².